The number of nitrogens with one attached hydrogen (secondary N) is 1. The Labute approximate surface area is 174 Å². The van der Waals surface area contributed by atoms with E-state index in [-0.39, 0.29) is 16.6 Å². The number of fused-ring (bicyclic) bond motifs is 1. The van der Waals surface area contributed by atoms with Gasteiger partial charge in [0.25, 0.3) is 0 Å². The van der Waals surface area contributed by atoms with E-state index >= 15 is 0 Å². The van der Waals surface area contributed by atoms with E-state index in [1.54, 1.807) is 11.8 Å². The van der Waals surface area contributed by atoms with Gasteiger partial charge in [0.05, 0.1) is 22.4 Å². The average molecular weight is 412 g/mol. The van der Waals surface area contributed by atoms with Gasteiger partial charge in [-0.1, -0.05) is 68.8 Å². The molecular formula is C22H22ClN3OS. The van der Waals surface area contributed by atoms with E-state index in [9.17, 15) is 4.79 Å². The average Bonchev–Trinajstić information content (AvgIpc) is 2.95. The van der Waals surface area contributed by atoms with Crippen LogP contribution in [-0.4, -0.2) is 21.4 Å². The number of amides is 1. The summed E-state index contributed by atoms with van der Waals surface area (Å²) in [6, 6.07) is 17.7. The number of carbonyl (C=O) groups excluding carboxylic acids is 1. The molecule has 1 aliphatic rings. The number of rotatable bonds is 2. The number of aromatic nitrogens is 2. The lowest BCUT2D eigenvalue weighted by Gasteiger charge is -2.22. The molecule has 28 heavy (non-hydrogen) atoms. The van der Waals surface area contributed by atoms with E-state index in [0.29, 0.717) is 10.8 Å². The molecule has 4 nitrogen and oxygen atoms in total. The molecular weight excluding hydrogens is 390 g/mol. The number of para-hydroxylation sites is 1. The highest BCUT2D eigenvalue weighted by Gasteiger charge is 2.36. The van der Waals surface area contributed by atoms with Crippen LogP contribution in [0.2, 0.25) is 5.02 Å². The van der Waals surface area contributed by atoms with Crippen molar-refractivity contribution in [1.29, 1.82) is 0 Å². The standard InChI is InChI=1S/C22H22ClN3OS/c1-22(2,3)20-18-19(15-11-7-8-12-16(15)23)28-13-17(27)24-21(18)26(25-20)14-9-5-4-6-10-14/h4-12,19H,13H2,1-3H3,(H,24,27). The first-order chi connectivity index (χ1) is 13.4. The highest BCUT2D eigenvalue weighted by atomic mass is 35.5. The fourth-order valence-corrected chi connectivity index (χ4v) is 4.93. The molecule has 0 spiro atoms. The molecule has 1 N–H and O–H groups in total. The summed E-state index contributed by atoms with van der Waals surface area (Å²) in [5.74, 6) is 1.07. The van der Waals surface area contributed by atoms with Crippen LogP contribution < -0.4 is 5.32 Å². The first kappa shape index (κ1) is 19.1. The minimum absolute atomic E-state index is 0.0293. The van der Waals surface area contributed by atoms with Gasteiger partial charge in [-0.3, -0.25) is 4.79 Å². The van der Waals surface area contributed by atoms with Crippen LogP contribution in [0, 0.1) is 0 Å². The molecule has 1 aromatic heterocycles. The zero-order valence-corrected chi connectivity index (χ0v) is 17.6. The topological polar surface area (TPSA) is 46.9 Å². The Bertz CT molecular complexity index is 1020. The van der Waals surface area contributed by atoms with Gasteiger partial charge in [0.1, 0.15) is 5.82 Å². The molecule has 144 valence electrons. The van der Waals surface area contributed by atoms with Gasteiger partial charge in [-0.05, 0) is 23.8 Å². The monoisotopic (exact) mass is 411 g/mol. The van der Waals surface area contributed by atoms with Gasteiger partial charge in [0, 0.05) is 16.0 Å². The number of anilines is 1. The molecule has 6 heteroatoms. The lowest BCUT2D eigenvalue weighted by atomic mass is 9.87. The fourth-order valence-electron chi connectivity index (χ4n) is 3.45. The second-order valence-electron chi connectivity index (χ2n) is 7.87. The van der Waals surface area contributed by atoms with Gasteiger partial charge in [0.15, 0.2) is 0 Å². The van der Waals surface area contributed by atoms with E-state index in [0.717, 1.165) is 28.3 Å². The summed E-state index contributed by atoms with van der Waals surface area (Å²) < 4.78 is 1.85. The van der Waals surface area contributed by atoms with Crippen LogP contribution in [-0.2, 0) is 10.2 Å². The summed E-state index contributed by atoms with van der Waals surface area (Å²) in [6.07, 6.45) is 0. The Kier molecular flexibility index (Phi) is 4.98. The van der Waals surface area contributed by atoms with Crippen LogP contribution in [0.25, 0.3) is 5.69 Å². The summed E-state index contributed by atoms with van der Waals surface area (Å²) in [5.41, 5.74) is 3.72. The quantitative estimate of drug-likeness (QED) is 0.597. The molecule has 0 saturated carbocycles. The van der Waals surface area contributed by atoms with Crippen molar-refractivity contribution in [2.45, 2.75) is 31.4 Å². The van der Waals surface area contributed by atoms with Crippen LogP contribution in [0.15, 0.2) is 54.6 Å². The molecule has 0 saturated heterocycles. The molecule has 1 unspecified atom stereocenters. The Balaban J connectivity index is 2.01. The summed E-state index contributed by atoms with van der Waals surface area (Å²) in [5, 5.41) is 8.69. The Morgan fingerprint density at radius 2 is 1.79 bits per heavy atom. The maximum atomic E-state index is 12.5. The van der Waals surface area contributed by atoms with Gasteiger partial charge < -0.3 is 5.32 Å². The maximum Gasteiger partial charge on any atom is 0.235 e. The number of nitrogens with zero attached hydrogens (tertiary/aromatic N) is 2. The minimum Gasteiger partial charge on any atom is -0.310 e. The third-order valence-electron chi connectivity index (χ3n) is 4.72. The molecule has 3 aromatic rings. The molecule has 0 radical (unpaired) electrons. The van der Waals surface area contributed by atoms with E-state index in [2.05, 4.69) is 26.1 Å². The van der Waals surface area contributed by atoms with Gasteiger partial charge in [-0.25, -0.2) is 4.68 Å². The van der Waals surface area contributed by atoms with Gasteiger partial charge in [0.2, 0.25) is 5.91 Å². The molecule has 0 fully saturated rings. The Morgan fingerprint density at radius 3 is 2.46 bits per heavy atom. The van der Waals surface area contributed by atoms with Crippen molar-refractivity contribution in [1.82, 2.24) is 9.78 Å². The molecule has 4 rings (SSSR count). The zero-order chi connectivity index (χ0) is 19.9. The molecule has 1 amide bonds. The highest BCUT2D eigenvalue weighted by molar-refractivity contribution is 8.00. The Morgan fingerprint density at radius 1 is 1.11 bits per heavy atom. The lowest BCUT2D eigenvalue weighted by molar-refractivity contribution is -0.113. The molecule has 2 aromatic carbocycles. The summed E-state index contributed by atoms with van der Waals surface area (Å²) in [4.78, 5) is 12.5. The lowest BCUT2D eigenvalue weighted by Crippen LogP contribution is -2.16. The molecule has 0 bridgehead atoms. The second-order valence-corrected chi connectivity index (χ2v) is 9.37. The predicted molar refractivity (Wildman–Crippen MR) is 117 cm³/mol. The van der Waals surface area contributed by atoms with Gasteiger partial charge in [-0.15, -0.1) is 11.8 Å². The first-order valence-corrected chi connectivity index (χ1v) is 10.6. The van der Waals surface area contributed by atoms with Crippen LogP contribution in [0.3, 0.4) is 0 Å². The van der Waals surface area contributed by atoms with Crippen LogP contribution in [0.1, 0.15) is 42.8 Å². The van der Waals surface area contributed by atoms with Crippen molar-refractivity contribution < 1.29 is 4.79 Å². The first-order valence-electron chi connectivity index (χ1n) is 9.21. The van der Waals surface area contributed by atoms with Crippen molar-refractivity contribution in [3.8, 4) is 5.69 Å². The number of halogens is 1. The van der Waals surface area contributed by atoms with E-state index in [1.807, 2.05) is 59.3 Å². The SMILES string of the molecule is CC(C)(C)c1nn(-c2ccccc2)c2c1C(c1ccccc1Cl)SCC(=O)N2. The van der Waals surface area contributed by atoms with Crippen molar-refractivity contribution in [2.75, 3.05) is 11.1 Å². The summed E-state index contributed by atoms with van der Waals surface area (Å²) >= 11 is 8.15. The third kappa shape index (κ3) is 3.45. The van der Waals surface area contributed by atoms with Crippen LogP contribution in [0.5, 0.6) is 0 Å². The second kappa shape index (κ2) is 7.30. The summed E-state index contributed by atoms with van der Waals surface area (Å²) in [6.45, 7) is 6.43. The van der Waals surface area contributed by atoms with E-state index in [1.165, 1.54) is 0 Å². The van der Waals surface area contributed by atoms with E-state index in [4.69, 9.17) is 16.7 Å². The van der Waals surface area contributed by atoms with Crippen LogP contribution >= 0.6 is 23.4 Å². The molecule has 1 aliphatic heterocycles. The molecule has 1 atom stereocenters. The Hall–Kier alpha value is -2.24. The van der Waals surface area contributed by atoms with Crippen molar-refractivity contribution >= 4 is 35.1 Å². The number of carbonyl (C=O) groups is 1. The largest absolute Gasteiger partial charge is 0.310 e. The van der Waals surface area contributed by atoms with E-state index < -0.39 is 0 Å². The molecule has 0 aliphatic carbocycles. The maximum absolute atomic E-state index is 12.5. The number of benzene rings is 2. The smallest absolute Gasteiger partial charge is 0.235 e. The molecule has 2 heterocycles. The highest BCUT2D eigenvalue weighted by Crippen LogP contribution is 2.48. The number of hydrogen-bond acceptors (Lipinski definition) is 3. The number of thioether (sulfide) groups is 1. The van der Waals surface area contributed by atoms with Gasteiger partial charge >= 0.3 is 0 Å². The number of hydrogen-bond donors (Lipinski definition) is 1. The van der Waals surface area contributed by atoms with Crippen molar-refractivity contribution in [3.63, 3.8) is 0 Å². The fraction of sp³-hybridized carbons (Fsp3) is 0.273. The van der Waals surface area contributed by atoms with Crippen LogP contribution in [0.4, 0.5) is 5.82 Å². The van der Waals surface area contributed by atoms with Crippen molar-refractivity contribution in [2.24, 2.45) is 0 Å². The minimum atomic E-state index is -0.195. The van der Waals surface area contributed by atoms with Gasteiger partial charge in [-0.2, -0.15) is 5.10 Å². The normalized spacial score (nSPS) is 17.0. The summed E-state index contributed by atoms with van der Waals surface area (Å²) in [7, 11) is 0. The predicted octanol–water partition coefficient (Wildman–Crippen LogP) is 5.60. The zero-order valence-electron chi connectivity index (χ0n) is 16.1. The third-order valence-corrected chi connectivity index (χ3v) is 6.32. The van der Waals surface area contributed by atoms with Crippen molar-refractivity contribution in [3.05, 3.63) is 76.4 Å².